The molecule has 0 unspecified atom stereocenters. The number of nitrogens with zero attached hydrogens (tertiary/aromatic N) is 1. The molecule has 0 aliphatic heterocycles. The van der Waals surface area contributed by atoms with E-state index in [1.807, 2.05) is 0 Å². The quantitative estimate of drug-likeness (QED) is 0.507. The molecule has 1 N–H and O–H groups in total. The van der Waals surface area contributed by atoms with Crippen molar-refractivity contribution in [1.29, 1.82) is 5.41 Å². The maximum absolute atomic E-state index is 7.50. The summed E-state index contributed by atoms with van der Waals surface area (Å²) < 4.78 is 0. The van der Waals surface area contributed by atoms with Crippen LogP contribution in [0, 0.1) is 5.41 Å². The van der Waals surface area contributed by atoms with Crippen molar-refractivity contribution in [3.05, 3.63) is 29.3 Å². The van der Waals surface area contributed by atoms with E-state index in [2.05, 4.69) is 44.1 Å². The smallest absolute Gasteiger partial charge is 0.0364 e. The topological polar surface area (TPSA) is 27.1 Å². The van der Waals surface area contributed by atoms with Crippen LogP contribution in [0.25, 0.3) is 0 Å². The first kappa shape index (κ1) is 15.7. The molecule has 0 atom stereocenters. The largest absolute Gasteiger partial charge is 0.378 e. The van der Waals surface area contributed by atoms with Crippen molar-refractivity contribution in [2.75, 3.05) is 19.0 Å². The van der Waals surface area contributed by atoms with Gasteiger partial charge in [-0.15, -0.1) is 0 Å². The summed E-state index contributed by atoms with van der Waals surface area (Å²) in [4.78, 5) is 2.12. The maximum atomic E-state index is 7.50. The Kier molecular flexibility index (Phi) is 7.24. The third-order valence-corrected chi connectivity index (χ3v) is 3.60. The zero-order chi connectivity index (χ0) is 14.1. The lowest BCUT2D eigenvalue weighted by molar-refractivity contribution is 0.607. The maximum Gasteiger partial charge on any atom is 0.0364 e. The van der Waals surface area contributed by atoms with E-state index in [4.69, 9.17) is 5.41 Å². The normalized spacial score (nSPS) is 10.5. The summed E-state index contributed by atoms with van der Waals surface area (Å²) in [6.45, 7) is 2.25. The highest BCUT2D eigenvalue weighted by Crippen LogP contribution is 2.19. The van der Waals surface area contributed by atoms with Gasteiger partial charge in [0.2, 0.25) is 0 Å². The number of unbranched alkanes of at least 4 members (excludes halogenated alkanes) is 5. The molecule has 0 spiro atoms. The second-order valence-electron chi connectivity index (χ2n) is 5.44. The third-order valence-electron chi connectivity index (χ3n) is 3.60. The van der Waals surface area contributed by atoms with E-state index in [-0.39, 0.29) is 0 Å². The van der Waals surface area contributed by atoms with Crippen molar-refractivity contribution < 1.29 is 0 Å². The van der Waals surface area contributed by atoms with E-state index < -0.39 is 0 Å². The summed E-state index contributed by atoms with van der Waals surface area (Å²) in [5, 5.41) is 7.50. The summed E-state index contributed by atoms with van der Waals surface area (Å²) in [5.74, 6) is 0. The van der Waals surface area contributed by atoms with Crippen molar-refractivity contribution >= 4 is 11.9 Å². The van der Waals surface area contributed by atoms with Crippen molar-refractivity contribution in [3.8, 4) is 0 Å². The molecule has 1 rings (SSSR count). The number of benzene rings is 1. The average molecular weight is 260 g/mol. The SMILES string of the molecule is CCCCCCCCc1cc(N(C)C)ccc1C=N. The average Bonchev–Trinajstić information content (AvgIpc) is 2.42. The number of hydrogen-bond acceptors (Lipinski definition) is 2. The van der Waals surface area contributed by atoms with E-state index >= 15 is 0 Å². The van der Waals surface area contributed by atoms with Gasteiger partial charge in [0.05, 0.1) is 0 Å². The van der Waals surface area contributed by atoms with Crippen LogP contribution in [0.5, 0.6) is 0 Å². The van der Waals surface area contributed by atoms with Crippen molar-refractivity contribution in [2.45, 2.75) is 51.9 Å². The highest BCUT2D eigenvalue weighted by molar-refractivity contribution is 5.80. The number of aryl methyl sites for hydroxylation is 1. The zero-order valence-electron chi connectivity index (χ0n) is 12.7. The van der Waals surface area contributed by atoms with Crippen molar-refractivity contribution in [1.82, 2.24) is 0 Å². The first-order valence-electron chi connectivity index (χ1n) is 7.49. The molecule has 1 aromatic rings. The first-order chi connectivity index (χ1) is 9.19. The highest BCUT2D eigenvalue weighted by Gasteiger charge is 2.03. The number of nitrogens with one attached hydrogen (secondary N) is 1. The van der Waals surface area contributed by atoms with Gasteiger partial charge in [-0.2, -0.15) is 0 Å². The molecule has 0 aliphatic carbocycles. The van der Waals surface area contributed by atoms with Crippen LogP contribution in [0.15, 0.2) is 18.2 Å². The van der Waals surface area contributed by atoms with Gasteiger partial charge in [0.1, 0.15) is 0 Å². The summed E-state index contributed by atoms with van der Waals surface area (Å²) in [6, 6.07) is 6.38. The lowest BCUT2D eigenvalue weighted by Crippen LogP contribution is -2.09. The molecular formula is C17H28N2. The fraction of sp³-hybridized carbons (Fsp3) is 0.588. The fourth-order valence-electron chi connectivity index (χ4n) is 2.32. The third kappa shape index (κ3) is 5.46. The van der Waals surface area contributed by atoms with E-state index in [0.717, 1.165) is 12.0 Å². The molecule has 106 valence electrons. The van der Waals surface area contributed by atoms with Gasteiger partial charge in [-0.3, -0.25) is 0 Å². The fourth-order valence-corrected chi connectivity index (χ4v) is 2.32. The van der Waals surface area contributed by atoms with Gasteiger partial charge in [-0.05, 0) is 36.1 Å². The Morgan fingerprint density at radius 1 is 1.05 bits per heavy atom. The molecule has 1 aromatic carbocycles. The number of anilines is 1. The number of rotatable bonds is 9. The Morgan fingerprint density at radius 3 is 2.37 bits per heavy atom. The van der Waals surface area contributed by atoms with Gasteiger partial charge in [0.15, 0.2) is 0 Å². The summed E-state index contributed by atoms with van der Waals surface area (Å²) >= 11 is 0. The second kappa shape index (κ2) is 8.73. The summed E-state index contributed by atoms with van der Waals surface area (Å²) in [7, 11) is 4.13. The van der Waals surface area contributed by atoms with Gasteiger partial charge < -0.3 is 10.3 Å². The molecular weight excluding hydrogens is 232 g/mol. The Hall–Kier alpha value is -1.31. The van der Waals surface area contributed by atoms with Gasteiger partial charge >= 0.3 is 0 Å². The van der Waals surface area contributed by atoms with E-state index in [0.29, 0.717) is 0 Å². The summed E-state index contributed by atoms with van der Waals surface area (Å²) in [6.07, 6.45) is 10.5. The van der Waals surface area contributed by atoms with Crippen LogP contribution < -0.4 is 4.90 Å². The minimum atomic E-state index is 1.07. The highest BCUT2D eigenvalue weighted by atomic mass is 15.1. The van der Waals surface area contributed by atoms with Crippen LogP contribution in [-0.2, 0) is 6.42 Å². The Bertz CT molecular complexity index is 383. The molecule has 2 heteroatoms. The standard InChI is InChI=1S/C17H28N2/c1-4-5-6-7-8-9-10-15-13-17(19(2)3)12-11-16(15)14-18/h11-14,18H,4-10H2,1-3H3. The molecule has 19 heavy (non-hydrogen) atoms. The van der Waals surface area contributed by atoms with Gasteiger partial charge in [-0.25, -0.2) is 0 Å². The zero-order valence-corrected chi connectivity index (χ0v) is 12.7. The predicted octanol–water partition coefficient (Wildman–Crippen LogP) is 4.65. The second-order valence-corrected chi connectivity index (χ2v) is 5.44. The van der Waals surface area contributed by atoms with Crippen molar-refractivity contribution in [3.63, 3.8) is 0 Å². The molecule has 0 aliphatic rings. The lowest BCUT2D eigenvalue weighted by Gasteiger charge is -2.15. The first-order valence-corrected chi connectivity index (χ1v) is 7.49. The minimum absolute atomic E-state index is 1.07. The molecule has 0 bridgehead atoms. The molecule has 0 heterocycles. The van der Waals surface area contributed by atoms with Crippen LogP contribution in [0.2, 0.25) is 0 Å². The molecule has 0 saturated carbocycles. The molecule has 0 saturated heterocycles. The minimum Gasteiger partial charge on any atom is -0.378 e. The summed E-state index contributed by atoms with van der Waals surface area (Å²) in [5.41, 5.74) is 3.61. The predicted molar refractivity (Wildman–Crippen MR) is 85.7 cm³/mol. The Balaban J connectivity index is 2.50. The van der Waals surface area contributed by atoms with Crippen LogP contribution in [0.1, 0.15) is 56.6 Å². The molecule has 0 aromatic heterocycles. The monoisotopic (exact) mass is 260 g/mol. The van der Waals surface area contributed by atoms with Crippen LogP contribution in [0.4, 0.5) is 5.69 Å². The molecule has 0 radical (unpaired) electrons. The van der Waals surface area contributed by atoms with Crippen LogP contribution >= 0.6 is 0 Å². The molecule has 0 fully saturated rings. The molecule has 2 nitrogen and oxygen atoms in total. The Labute approximate surface area is 118 Å². The molecule has 0 amide bonds. The van der Waals surface area contributed by atoms with Gasteiger partial charge in [-0.1, -0.05) is 45.1 Å². The Morgan fingerprint density at radius 2 is 1.74 bits per heavy atom. The number of hydrogen-bond donors (Lipinski definition) is 1. The van der Waals surface area contributed by atoms with Gasteiger partial charge in [0, 0.05) is 26.0 Å². The lowest BCUT2D eigenvalue weighted by atomic mass is 10.00. The van der Waals surface area contributed by atoms with Crippen LogP contribution in [0.3, 0.4) is 0 Å². The van der Waals surface area contributed by atoms with E-state index in [1.54, 1.807) is 0 Å². The van der Waals surface area contributed by atoms with Crippen molar-refractivity contribution in [2.24, 2.45) is 0 Å². The van der Waals surface area contributed by atoms with Gasteiger partial charge in [0.25, 0.3) is 0 Å². The van der Waals surface area contributed by atoms with Crippen LogP contribution in [-0.4, -0.2) is 20.3 Å². The van der Waals surface area contributed by atoms with E-state index in [1.165, 1.54) is 56.0 Å². The van der Waals surface area contributed by atoms with E-state index in [9.17, 15) is 0 Å².